The van der Waals surface area contributed by atoms with Crippen LogP contribution in [-0.2, 0) is 0 Å². The quantitative estimate of drug-likeness (QED) is 0.640. The molecule has 0 amide bonds. The number of phenolic OH excluding ortho intramolecular Hbond substituents is 2. The van der Waals surface area contributed by atoms with Crippen LogP contribution in [0.3, 0.4) is 0 Å². The minimum absolute atomic E-state index is 0. The highest BCUT2D eigenvalue weighted by Crippen LogP contribution is 2.32. The van der Waals surface area contributed by atoms with Gasteiger partial charge in [0, 0.05) is 17.0 Å². The minimum Gasteiger partial charge on any atom is -0.508 e. The van der Waals surface area contributed by atoms with E-state index in [4.69, 9.17) is 4.52 Å². The fourth-order valence-corrected chi connectivity index (χ4v) is 2.03. The van der Waals surface area contributed by atoms with Gasteiger partial charge in [-0.3, -0.25) is 0 Å². The molecule has 2 aromatic carbocycles. The van der Waals surface area contributed by atoms with Gasteiger partial charge in [0.2, 0.25) is 0 Å². The molecule has 0 aliphatic carbocycles. The van der Waals surface area contributed by atoms with Crippen LogP contribution in [0.1, 0.15) is 5.56 Å². The highest BCUT2D eigenvalue weighted by atomic mass is 127. The van der Waals surface area contributed by atoms with E-state index in [1.165, 1.54) is 6.07 Å². The van der Waals surface area contributed by atoms with Crippen molar-refractivity contribution in [3.63, 3.8) is 0 Å². The molecule has 19 heavy (non-hydrogen) atoms. The molecule has 1 heterocycles. The van der Waals surface area contributed by atoms with E-state index in [-0.39, 0.29) is 35.5 Å². The van der Waals surface area contributed by atoms with Crippen molar-refractivity contribution in [3.05, 3.63) is 42.0 Å². The highest BCUT2D eigenvalue weighted by molar-refractivity contribution is 14.0. The molecule has 98 valence electrons. The summed E-state index contributed by atoms with van der Waals surface area (Å²) in [6, 6.07) is 9.98. The van der Waals surface area contributed by atoms with E-state index < -0.39 is 0 Å². The summed E-state index contributed by atoms with van der Waals surface area (Å²) >= 11 is 0. The molecule has 0 saturated carbocycles. The van der Waals surface area contributed by atoms with Gasteiger partial charge in [-0.25, -0.2) is 0 Å². The summed E-state index contributed by atoms with van der Waals surface area (Å²) in [6.07, 6.45) is 0. The Labute approximate surface area is 126 Å². The predicted molar refractivity (Wildman–Crippen MR) is 82.9 cm³/mol. The Morgan fingerprint density at radius 2 is 1.68 bits per heavy atom. The van der Waals surface area contributed by atoms with Crippen molar-refractivity contribution in [1.82, 2.24) is 5.16 Å². The van der Waals surface area contributed by atoms with Gasteiger partial charge in [0.05, 0.1) is 0 Å². The van der Waals surface area contributed by atoms with Crippen LogP contribution in [0.5, 0.6) is 11.5 Å². The van der Waals surface area contributed by atoms with E-state index in [1.807, 2.05) is 6.92 Å². The first-order valence-electron chi connectivity index (χ1n) is 5.53. The number of aromatic hydroxyl groups is 2. The molecule has 4 nitrogen and oxygen atoms in total. The van der Waals surface area contributed by atoms with Gasteiger partial charge in [0.25, 0.3) is 0 Å². The van der Waals surface area contributed by atoms with E-state index >= 15 is 0 Å². The molecule has 0 aliphatic rings. The highest BCUT2D eigenvalue weighted by Gasteiger charge is 2.13. The van der Waals surface area contributed by atoms with Crippen molar-refractivity contribution in [2.75, 3.05) is 0 Å². The monoisotopic (exact) mass is 369 g/mol. The Balaban J connectivity index is 0.00000133. The molecule has 0 bridgehead atoms. The standard InChI is InChI=1S/C14H11NO3.HI/c1-8-6-9(16)2-4-11(8)14-12-5-3-10(17)7-13(12)18-15-14;/h2-7,16-17H,1H3;1H. The third-order valence-electron chi connectivity index (χ3n) is 2.92. The second-order valence-corrected chi connectivity index (χ2v) is 4.21. The molecule has 5 heteroatoms. The van der Waals surface area contributed by atoms with Gasteiger partial charge < -0.3 is 14.7 Å². The third kappa shape index (κ3) is 2.37. The van der Waals surface area contributed by atoms with E-state index in [9.17, 15) is 10.2 Å². The number of aryl methyl sites for hydroxylation is 1. The van der Waals surface area contributed by atoms with Crippen molar-refractivity contribution >= 4 is 34.9 Å². The molecule has 0 unspecified atom stereocenters. The van der Waals surface area contributed by atoms with E-state index in [1.54, 1.807) is 30.3 Å². The maximum absolute atomic E-state index is 9.41. The van der Waals surface area contributed by atoms with Gasteiger partial charge in [0.15, 0.2) is 5.58 Å². The number of fused-ring (bicyclic) bond motifs is 1. The number of hydrogen-bond acceptors (Lipinski definition) is 4. The lowest BCUT2D eigenvalue weighted by molar-refractivity contribution is 0.451. The van der Waals surface area contributed by atoms with Gasteiger partial charge in [-0.05, 0) is 42.8 Å². The van der Waals surface area contributed by atoms with Crippen molar-refractivity contribution in [3.8, 4) is 22.8 Å². The number of nitrogens with zero attached hydrogens (tertiary/aromatic N) is 1. The molecule has 0 spiro atoms. The van der Waals surface area contributed by atoms with Crippen molar-refractivity contribution in [2.45, 2.75) is 6.92 Å². The second kappa shape index (κ2) is 5.08. The SMILES string of the molecule is Cc1cc(O)ccc1-c1noc2cc(O)ccc12.I. The minimum atomic E-state index is 0. The van der Waals surface area contributed by atoms with E-state index in [0.717, 1.165) is 16.5 Å². The number of halogens is 1. The summed E-state index contributed by atoms with van der Waals surface area (Å²) in [5.41, 5.74) is 3.07. The molecular weight excluding hydrogens is 357 g/mol. The molecule has 1 aromatic heterocycles. The molecule has 3 rings (SSSR count). The molecule has 2 N–H and O–H groups in total. The molecule has 3 aromatic rings. The Kier molecular flexibility index (Phi) is 3.66. The van der Waals surface area contributed by atoms with Crippen LogP contribution in [0.4, 0.5) is 0 Å². The van der Waals surface area contributed by atoms with Crippen LogP contribution >= 0.6 is 24.0 Å². The first-order valence-corrected chi connectivity index (χ1v) is 5.53. The summed E-state index contributed by atoms with van der Waals surface area (Å²) < 4.78 is 5.20. The summed E-state index contributed by atoms with van der Waals surface area (Å²) in [6.45, 7) is 1.90. The number of aromatic nitrogens is 1. The van der Waals surface area contributed by atoms with E-state index in [0.29, 0.717) is 11.3 Å². The van der Waals surface area contributed by atoms with Gasteiger partial charge in [-0.2, -0.15) is 0 Å². The van der Waals surface area contributed by atoms with Gasteiger partial charge in [-0.15, -0.1) is 24.0 Å². The smallest absolute Gasteiger partial charge is 0.171 e. The van der Waals surface area contributed by atoms with Crippen LogP contribution in [0.2, 0.25) is 0 Å². The summed E-state index contributed by atoms with van der Waals surface area (Å²) in [4.78, 5) is 0. The van der Waals surface area contributed by atoms with Gasteiger partial charge in [0.1, 0.15) is 17.2 Å². The molecule has 0 atom stereocenters. The maximum atomic E-state index is 9.41. The van der Waals surface area contributed by atoms with Crippen molar-refractivity contribution < 1.29 is 14.7 Å². The molecule has 0 saturated heterocycles. The normalized spacial score (nSPS) is 10.4. The van der Waals surface area contributed by atoms with Crippen LogP contribution in [0.15, 0.2) is 40.9 Å². The summed E-state index contributed by atoms with van der Waals surface area (Å²) in [5, 5.41) is 23.7. The summed E-state index contributed by atoms with van der Waals surface area (Å²) in [5.74, 6) is 0.370. The molecule has 0 fully saturated rings. The van der Waals surface area contributed by atoms with Gasteiger partial charge in [-0.1, -0.05) is 5.16 Å². The Bertz CT molecular complexity index is 737. The van der Waals surface area contributed by atoms with Crippen molar-refractivity contribution in [1.29, 1.82) is 0 Å². The lowest BCUT2D eigenvalue weighted by Gasteiger charge is -2.02. The number of phenols is 2. The van der Waals surface area contributed by atoms with Crippen LogP contribution < -0.4 is 0 Å². The first-order chi connectivity index (χ1) is 8.65. The largest absolute Gasteiger partial charge is 0.508 e. The Morgan fingerprint density at radius 3 is 2.42 bits per heavy atom. The zero-order valence-corrected chi connectivity index (χ0v) is 12.5. The van der Waals surface area contributed by atoms with Crippen molar-refractivity contribution in [2.24, 2.45) is 0 Å². The molecule has 0 radical (unpaired) electrons. The predicted octanol–water partition coefficient (Wildman–Crippen LogP) is 3.83. The van der Waals surface area contributed by atoms with Crippen LogP contribution in [-0.4, -0.2) is 15.4 Å². The zero-order chi connectivity index (χ0) is 12.7. The zero-order valence-electron chi connectivity index (χ0n) is 10.1. The van der Waals surface area contributed by atoms with Crippen LogP contribution in [0.25, 0.3) is 22.2 Å². The van der Waals surface area contributed by atoms with Crippen LogP contribution in [0, 0.1) is 6.92 Å². The molecule has 0 aliphatic heterocycles. The maximum Gasteiger partial charge on any atom is 0.171 e. The second-order valence-electron chi connectivity index (χ2n) is 4.21. The lowest BCUT2D eigenvalue weighted by Crippen LogP contribution is -1.83. The average Bonchev–Trinajstić information content (AvgIpc) is 2.72. The average molecular weight is 369 g/mol. The summed E-state index contributed by atoms with van der Waals surface area (Å²) in [7, 11) is 0. The Morgan fingerprint density at radius 1 is 1.00 bits per heavy atom. The first kappa shape index (κ1) is 13.7. The fraction of sp³-hybridized carbons (Fsp3) is 0.0714. The topological polar surface area (TPSA) is 66.5 Å². The number of hydrogen-bond donors (Lipinski definition) is 2. The lowest BCUT2D eigenvalue weighted by atomic mass is 10.0. The number of benzene rings is 2. The molecular formula is C14H12INO3. The number of rotatable bonds is 1. The van der Waals surface area contributed by atoms with Gasteiger partial charge >= 0.3 is 0 Å². The fourth-order valence-electron chi connectivity index (χ4n) is 2.03. The van der Waals surface area contributed by atoms with E-state index in [2.05, 4.69) is 5.16 Å². The Hall–Kier alpha value is -1.76. The third-order valence-corrected chi connectivity index (χ3v) is 2.92.